The molecule has 0 aromatic rings. The van der Waals surface area contributed by atoms with Crippen LogP contribution in [0.1, 0.15) is 39.5 Å². The number of carbonyl (C=O) groups excluding carboxylic acids is 1. The van der Waals surface area contributed by atoms with Gasteiger partial charge in [0.1, 0.15) is 0 Å². The highest BCUT2D eigenvalue weighted by atomic mass is 16.5. The molecule has 3 atom stereocenters. The Morgan fingerprint density at radius 3 is 2.94 bits per heavy atom. The van der Waals surface area contributed by atoms with E-state index < -0.39 is 0 Å². The van der Waals surface area contributed by atoms with Gasteiger partial charge in [-0.3, -0.25) is 4.79 Å². The van der Waals surface area contributed by atoms with Crippen LogP contribution in [-0.2, 0) is 9.53 Å². The number of rotatable bonds is 6. The highest BCUT2D eigenvalue weighted by molar-refractivity contribution is 5.79. The molecule has 1 heterocycles. The van der Waals surface area contributed by atoms with Gasteiger partial charge in [-0.1, -0.05) is 13.8 Å². The van der Waals surface area contributed by atoms with E-state index >= 15 is 0 Å². The van der Waals surface area contributed by atoms with Crippen LogP contribution in [0, 0.1) is 5.92 Å². The second kappa shape index (κ2) is 6.86. The minimum absolute atomic E-state index is 0.0443. The maximum absolute atomic E-state index is 11.9. The van der Waals surface area contributed by atoms with Crippen molar-refractivity contribution < 1.29 is 9.53 Å². The van der Waals surface area contributed by atoms with Crippen molar-refractivity contribution in [1.29, 1.82) is 0 Å². The molecule has 0 spiro atoms. The van der Waals surface area contributed by atoms with Crippen LogP contribution in [0.5, 0.6) is 0 Å². The number of nitrogens with one attached hydrogen (secondary N) is 1. The van der Waals surface area contributed by atoms with Crippen molar-refractivity contribution in [3.8, 4) is 0 Å². The summed E-state index contributed by atoms with van der Waals surface area (Å²) in [6.45, 7) is 5.51. The van der Waals surface area contributed by atoms with Crippen molar-refractivity contribution >= 4 is 5.91 Å². The molecular formula is C12H24N2O2. The predicted molar refractivity (Wildman–Crippen MR) is 64.0 cm³/mol. The summed E-state index contributed by atoms with van der Waals surface area (Å²) in [5.74, 6) is 0.176. The van der Waals surface area contributed by atoms with Gasteiger partial charge in [0, 0.05) is 19.2 Å². The Balaban J connectivity index is 2.24. The van der Waals surface area contributed by atoms with Crippen LogP contribution in [0.25, 0.3) is 0 Å². The van der Waals surface area contributed by atoms with Gasteiger partial charge in [-0.2, -0.15) is 0 Å². The first-order valence-electron chi connectivity index (χ1n) is 6.33. The lowest BCUT2D eigenvalue weighted by Gasteiger charge is -2.17. The highest BCUT2D eigenvalue weighted by Crippen LogP contribution is 2.23. The number of nitrogens with two attached hydrogens (primary N) is 1. The summed E-state index contributed by atoms with van der Waals surface area (Å²) in [7, 11) is 0. The standard InChI is InChI=1S/C12H24N2O2/c1-3-9(13)5-7-14-12(15)10-6-8-16-11(10)4-2/h9-11H,3-8,13H2,1-2H3,(H,14,15). The molecule has 1 fully saturated rings. The molecule has 1 aliphatic rings. The lowest BCUT2D eigenvalue weighted by atomic mass is 9.98. The number of hydrogen-bond donors (Lipinski definition) is 2. The SMILES string of the molecule is CCC(N)CCNC(=O)C1CCOC1CC. The van der Waals surface area contributed by atoms with Gasteiger partial charge in [0.05, 0.1) is 12.0 Å². The van der Waals surface area contributed by atoms with Gasteiger partial charge in [0.15, 0.2) is 0 Å². The molecule has 4 nitrogen and oxygen atoms in total. The quantitative estimate of drug-likeness (QED) is 0.714. The Bertz CT molecular complexity index is 221. The third kappa shape index (κ3) is 3.76. The van der Waals surface area contributed by atoms with E-state index in [-0.39, 0.29) is 24.0 Å². The zero-order chi connectivity index (χ0) is 12.0. The van der Waals surface area contributed by atoms with E-state index in [1.54, 1.807) is 0 Å². The molecule has 0 aromatic heterocycles. The second-order valence-corrected chi connectivity index (χ2v) is 4.46. The summed E-state index contributed by atoms with van der Waals surface area (Å²) in [4.78, 5) is 11.9. The molecule has 0 saturated carbocycles. The molecule has 3 N–H and O–H groups in total. The van der Waals surface area contributed by atoms with Crippen molar-refractivity contribution in [3.05, 3.63) is 0 Å². The van der Waals surface area contributed by atoms with E-state index in [4.69, 9.17) is 10.5 Å². The van der Waals surface area contributed by atoms with E-state index in [0.29, 0.717) is 13.2 Å². The molecule has 0 aromatic carbocycles. The lowest BCUT2D eigenvalue weighted by Crippen LogP contribution is -2.37. The first-order chi connectivity index (χ1) is 7.69. The van der Waals surface area contributed by atoms with E-state index in [9.17, 15) is 4.79 Å². The Morgan fingerprint density at radius 1 is 1.56 bits per heavy atom. The van der Waals surface area contributed by atoms with Crippen molar-refractivity contribution in [2.75, 3.05) is 13.2 Å². The molecule has 0 aliphatic carbocycles. The molecule has 3 unspecified atom stereocenters. The normalized spacial score (nSPS) is 26.7. The van der Waals surface area contributed by atoms with E-state index in [1.165, 1.54) is 0 Å². The number of amides is 1. The Hall–Kier alpha value is -0.610. The molecule has 0 bridgehead atoms. The van der Waals surface area contributed by atoms with Gasteiger partial charge < -0.3 is 15.8 Å². The smallest absolute Gasteiger partial charge is 0.225 e. The number of hydrogen-bond acceptors (Lipinski definition) is 3. The topological polar surface area (TPSA) is 64.3 Å². The van der Waals surface area contributed by atoms with Crippen molar-refractivity contribution in [2.24, 2.45) is 11.7 Å². The fraction of sp³-hybridized carbons (Fsp3) is 0.917. The van der Waals surface area contributed by atoms with Crippen LogP contribution in [0.3, 0.4) is 0 Å². The Morgan fingerprint density at radius 2 is 2.31 bits per heavy atom. The van der Waals surface area contributed by atoms with Gasteiger partial charge in [0.25, 0.3) is 0 Å². The first kappa shape index (κ1) is 13.5. The third-order valence-electron chi connectivity index (χ3n) is 3.29. The maximum Gasteiger partial charge on any atom is 0.225 e. The van der Waals surface area contributed by atoms with Gasteiger partial charge in [-0.25, -0.2) is 0 Å². The summed E-state index contributed by atoms with van der Waals surface area (Å²) in [5.41, 5.74) is 5.79. The maximum atomic E-state index is 11.9. The second-order valence-electron chi connectivity index (χ2n) is 4.46. The Labute approximate surface area is 97.9 Å². The van der Waals surface area contributed by atoms with E-state index in [0.717, 1.165) is 25.7 Å². The Kier molecular flexibility index (Phi) is 5.77. The molecular weight excluding hydrogens is 204 g/mol. The number of carbonyl (C=O) groups is 1. The van der Waals surface area contributed by atoms with Gasteiger partial charge >= 0.3 is 0 Å². The molecule has 94 valence electrons. The molecule has 1 amide bonds. The summed E-state index contributed by atoms with van der Waals surface area (Å²) >= 11 is 0. The lowest BCUT2D eigenvalue weighted by molar-refractivity contribution is -0.126. The van der Waals surface area contributed by atoms with Crippen molar-refractivity contribution in [3.63, 3.8) is 0 Å². The number of ether oxygens (including phenoxy) is 1. The molecule has 1 aliphatic heterocycles. The predicted octanol–water partition coefficient (Wildman–Crippen LogP) is 1.05. The average molecular weight is 228 g/mol. The molecule has 1 rings (SSSR count). The monoisotopic (exact) mass is 228 g/mol. The van der Waals surface area contributed by atoms with Crippen molar-refractivity contribution in [1.82, 2.24) is 5.32 Å². The highest BCUT2D eigenvalue weighted by Gasteiger charge is 2.32. The molecule has 16 heavy (non-hydrogen) atoms. The van der Waals surface area contributed by atoms with Gasteiger partial charge in [-0.15, -0.1) is 0 Å². The van der Waals surface area contributed by atoms with Crippen LogP contribution >= 0.6 is 0 Å². The van der Waals surface area contributed by atoms with E-state index in [2.05, 4.69) is 19.2 Å². The zero-order valence-electron chi connectivity index (χ0n) is 10.4. The van der Waals surface area contributed by atoms with Gasteiger partial charge in [-0.05, 0) is 25.7 Å². The minimum Gasteiger partial charge on any atom is -0.377 e. The summed E-state index contributed by atoms with van der Waals surface area (Å²) < 4.78 is 5.50. The molecule has 1 saturated heterocycles. The summed E-state index contributed by atoms with van der Waals surface area (Å²) in [6.07, 6.45) is 3.68. The molecule has 0 radical (unpaired) electrons. The minimum atomic E-state index is 0.0443. The van der Waals surface area contributed by atoms with Crippen LogP contribution < -0.4 is 11.1 Å². The first-order valence-corrected chi connectivity index (χ1v) is 6.33. The fourth-order valence-electron chi connectivity index (χ4n) is 2.07. The third-order valence-corrected chi connectivity index (χ3v) is 3.29. The van der Waals surface area contributed by atoms with Crippen molar-refractivity contribution in [2.45, 2.75) is 51.7 Å². The van der Waals surface area contributed by atoms with Crippen LogP contribution in [0.2, 0.25) is 0 Å². The summed E-state index contributed by atoms with van der Waals surface area (Å²) in [5, 5.41) is 2.96. The molecule has 4 heteroatoms. The average Bonchev–Trinajstić information content (AvgIpc) is 2.76. The van der Waals surface area contributed by atoms with Crippen LogP contribution in [0.4, 0.5) is 0 Å². The summed E-state index contributed by atoms with van der Waals surface area (Å²) in [6, 6.07) is 0.196. The van der Waals surface area contributed by atoms with Gasteiger partial charge in [0.2, 0.25) is 5.91 Å². The zero-order valence-corrected chi connectivity index (χ0v) is 10.4. The van der Waals surface area contributed by atoms with Crippen LogP contribution in [0.15, 0.2) is 0 Å². The fourth-order valence-corrected chi connectivity index (χ4v) is 2.07. The largest absolute Gasteiger partial charge is 0.377 e. The van der Waals surface area contributed by atoms with E-state index in [1.807, 2.05) is 0 Å². The van der Waals surface area contributed by atoms with Crippen LogP contribution in [-0.4, -0.2) is 31.2 Å².